The summed E-state index contributed by atoms with van der Waals surface area (Å²) < 4.78 is 7.04. The van der Waals surface area contributed by atoms with Crippen molar-refractivity contribution in [3.63, 3.8) is 0 Å². The number of ether oxygens (including phenoxy) is 1. The number of hydrogen-bond donors (Lipinski definition) is 3. The standard InChI is InChI=1S/C28H28BrClN8O3/c1-41-25(40)14-17-6-9-20-22(13-17)31-12-4-2-3-5-21(28-34-26(20)27(29)35-28)33-24(39)11-7-18-15-19(30)8-10-23(18)38-16-32-36-37-38/h6-11,13,15-16,21,31H,2-5,12,14H2,1H3,(H,33,39)(H,34,35)/b11-7+/t21-/m0/s1. The van der Waals surface area contributed by atoms with Crippen LogP contribution in [0.1, 0.15) is 48.7 Å². The molecule has 212 valence electrons. The molecular weight excluding hydrogens is 612 g/mol. The molecule has 3 heterocycles. The highest BCUT2D eigenvalue weighted by Gasteiger charge is 2.22. The predicted octanol–water partition coefficient (Wildman–Crippen LogP) is 5.04. The number of H-pyrrole nitrogens is 1. The number of imidazole rings is 1. The number of hydrogen-bond acceptors (Lipinski definition) is 8. The van der Waals surface area contributed by atoms with Crippen molar-refractivity contribution in [3.8, 4) is 16.9 Å². The summed E-state index contributed by atoms with van der Waals surface area (Å²) in [5.41, 5.74) is 4.71. The van der Waals surface area contributed by atoms with E-state index in [1.54, 1.807) is 24.3 Å². The van der Waals surface area contributed by atoms with E-state index in [9.17, 15) is 9.59 Å². The van der Waals surface area contributed by atoms with Crippen LogP contribution in [0.5, 0.6) is 0 Å². The van der Waals surface area contributed by atoms with Crippen LogP contribution in [0.2, 0.25) is 5.02 Å². The maximum absolute atomic E-state index is 13.1. The number of fused-ring (bicyclic) bond motifs is 4. The van der Waals surface area contributed by atoms with Gasteiger partial charge in [0.05, 0.1) is 25.3 Å². The lowest BCUT2D eigenvalue weighted by molar-refractivity contribution is -0.139. The van der Waals surface area contributed by atoms with Crippen LogP contribution < -0.4 is 10.6 Å². The van der Waals surface area contributed by atoms with Gasteiger partial charge in [0.15, 0.2) is 0 Å². The van der Waals surface area contributed by atoms with Crippen LogP contribution in [0.4, 0.5) is 5.69 Å². The predicted molar refractivity (Wildman–Crippen MR) is 158 cm³/mol. The Morgan fingerprint density at radius 3 is 2.90 bits per heavy atom. The molecule has 5 rings (SSSR count). The molecule has 41 heavy (non-hydrogen) atoms. The van der Waals surface area contributed by atoms with E-state index in [-0.39, 0.29) is 24.3 Å². The van der Waals surface area contributed by atoms with Gasteiger partial charge in [0, 0.05) is 34.5 Å². The number of nitrogens with zero attached hydrogens (tertiary/aromatic N) is 5. The Kier molecular flexibility index (Phi) is 9.10. The fraction of sp³-hybridized carbons (Fsp3) is 0.286. The quantitative estimate of drug-likeness (QED) is 0.197. The van der Waals surface area contributed by atoms with E-state index < -0.39 is 0 Å². The molecule has 2 bridgehead atoms. The van der Waals surface area contributed by atoms with Gasteiger partial charge in [-0.2, -0.15) is 4.68 Å². The molecule has 1 aliphatic rings. The largest absolute Gasteiger partial charge is 0.469 e. The number of aromatic amines is 1. The minimum absolute atomic E-state index is 0.187. The Balaban J connectivity index is 1.39. The number of nitrogens with one attached hydrogen (secondary N) is 3. The summed E-state index contributed by atoms with van der Waals surface area (Å²) in [5.74, 6) is 0.0835. The molecular formula is C28H28BrClN8O3. The second-order valence-corrected chi connectivity index (χ2v) is 10.8. The minimum atomic E-state index is -0.329. The summed E-state index contributed by atoms with van der Waals surface area (Å²) in [6, 6.07) is 10.7. The number of carbonyl (C=O) groups excluding carboxylic acids is 2. The number of anilines is 1. The van der Waals surface area contributed by atoms with Gasteiger partial charge in [-0.3, -0.25) is 9.59 Å². The van der Waals surface area contributed by atoms with E-state index in [4.69, 9.17) is 21.3 Å². The Hall–Kier alpha value is -4.03. The van der Waals surface area contributed by atoms with E-state index >= 15 is 0 Å². The van der Waals surface area contributed by atoms with Gasteiger partial charge >= 0.3 is 5.97 Å². The van der Waals surface area contributed by atoms with Crippen LogP contribution in [0.15, 0.2) is 53.4 Å². The SMILES string of the molecule is COC(=O)Cc1ccc2c(c1)NCCCCC[C@H](NC(=O)/C=C/c1cc(Cl)ccc1-n1cnnn1)c1nc-2c(Br)[nH]1. The van der Waals surface area contributed by atoms with Crippen LogP contribution in [0.3, 0.4) is 0 Å². The highest BCUT2D eigenvalue weighted by atomic mass is 79.9. The second kappa shape index (κ2) is 13.1. The average Bonchev–Trinajstić information content (AvgIpc) is 3.63. The molecule has 13 heteroatoms. The molecule has 0 aliphatic carbocycles. The zero-order chi connectivity index (χ0) is 28.8. The van der Waals surface area contributed by atoms with E-state index in [0.29, 0.717) is 32.4 Å². The summed E-state index contributed by atoms with van der Waals surface area (Å²) >= 11 is 9.84. The molecule has 1 amide bonds. The lowest BCUT2D eigenvalue weighted by Crippen LogP contribution is -2.28. The van der Waals surface area contributed by atoms with Crippen molar-refractivity contribution in [2.75, 3.05) is 19.0 Å². The lowest BCUT2D eigenvalue weighted by atomic mass is 10.0. The first-order valence-electron chi connectivity index (χ1n) is 13.1. The molecule has 0 fully saturated rings. The zero-order valence-electron chi connectivity index (χ0n) is 22.2. The Morgan fingerprint density at radius 2 is 2.10 bits per heavy atom. The van der Waals surface area contributed by atoms with Gasteiger partial charge in [0.1, 0.15) is 22.4 Å². The van der Waals surface area contributed by atoms with Crippen molar-refractivity contribution in [2.45, 2.75) is 38.1 Å². The van der Waals surface area contributed by atoms with Gasteiger partial charge in [0.2, 0.25) is 5.91 Å². The second-order valence-electron chi connectivity index (χ2n) is 9.55. The highest BCUT2D eigenvalue weighted by molar-refractivity contribution is 9.10. The summed E-state index contributed by atoms with van der Waals surface area (Å²) in [6.45, 7) is 0.770. The first-order chi connectivity index (χ1) is 19.9. The van der Waals surface area contributed by atoms with Crippen LogP contribution >= 0.6 is 27.5 Å². The van der Waals surface area contributed by atoms with Crippen molar-refractivity contribution in [2.24, 2.45) is 0 Å². The number of amides is 1. The van der Waals surface area contributed by atoms with Gasteiger partial charge in [-0.1, -0.05) is 36.6 Å². The lowest BCUT2D eigenvalue weighted by Gasteiger charge is -2.17. The number of carbonyl (C=O) groups is 2. The molecule has 0 saturated heterocycles. The van der Waals surface area contributed by atoms with Crippen LogP contribution in [0, 0.1) is 0 Å². The summed E-state index contributed by atoms with van der Waals surface area (Å²) in [7, 11) is 1.38. The number of aromatic nitrogens is 6. The van der Waals surface area contributed by atoms with Crippen molar-refractivity contribution < 1.29 is 14.3 Å². The molecule has 11 nitrogen and oxygen atoms in total. The molecule has 0 saturated carbocycles. The highest BCUT2D eigenvalue weighted by Crippen LogP contribution is 2.35. The third kappa shape index (κ3) is 7.01. The van der Waals surface area contributed by atoms with Gasteiger partial charge in [-0.15, -0.1) is 5.10 Å². The molecule has 4 aromatic rings. The first kappa shape index (κ1) is 28.5. The maximum Gasteiger partial charge on any atom is 0.309 e. The van der Waals surface area contributed by atoms with Crippen molar-refractivity contribution in [1.29, 1.82) is 0 Å². The van der Waals surface area contributed by atoms with E-state index in [1.807, 2.05) is 18.2 Å². The average molecular weight is 640 g/mol. The number of tetrazole rings is 1. The van der Waals surface area contributed by atoms with E-state index in [2.05, 4.69) is 47.1 Å². The van der Waals surface area contributed by atoms with Gasteiger partial charge in [0.25, 0.3) is 0 Å². The van der Waals surface area contributed by atoms with Gasteiger partial charge in [-0.05, 0) is 75.1 Å². The van der Waals surface area contributed by atoms with Crippen molar-refractivity contribution >= 4 is 51.2 Å². The monoisotopic (exact) mass is 638 g/mol. The number of rotatable bonds is 6. The number of halogens is 2. The van der Waals surface area contributed by atoms with Crippen molar-refractivity contribution in [1.82, 2.24) is 35.5 Å². The third-order valence-corrected chi connectivity index (χ3v) is 7.53. The minimum Gasteiger partial charge on any atom is -0.469 e. The maximum atomic E-state index is 13.1. The molecule has 1 atom stereocenters. The molecule has 1 aliphatic heterocycles. The topological polar surface area (TPSA) is 140 Å². The fourth-order valence-electron chi connectivity index (χ4n) is 4.68. The van der Waals surface area contributed by atoms with Crippen molar-refractivity contribution in [3.05, 3.63) is 75.4 Å². The number of esters is 1. The third-order valence-electron chi connectivity index (χ3n) is 6.72. The van der Waals surface area contributed by atoms with E-state index in [0.717, 1.165) is 49.0 Å². The van der Waals surface area contributed by atoms with Crippen LogP contribution in [-0.4, -0.2) is 55.7 Å². The molecule has 2 aromatic heterocycles. The Labute approximate surface area is 249 Å². The number of benzene rings is 2. The first-order valence-corrected chi connectivity index (χ1v) is 14.3. The molecule has 0 unspecified atom stereocenters. The van der Waals surface area contributed by atoms with Crippen LogP contribution in [0.25, 0.3) is 23.0 Å². The summed E-state index contributed by atoms with van der Waals surface area (Å²) in [5, 5.41) is 18.4. The zero-order valence-corrected chi connectivity index (χ0v) is 24.6. The smallest absolute Gasteiger partial charge is 0.309 e. The Bertz CT molecular complexity index is 1570. The molecule has 2 aromatic carbocycles. The summed E-state index contributed by atoms with van der Waals surface area (Å²) in [4.78, 5) is 33.1. The molecule has 3 N–H and O–H groups in total. The number of methoxy groups -OCH3 is 1. The van der Waals surface area contributed by atoms with Crippen LogP contribution in [-0.2, 0) is 20.7 Å². The Morgan fingerprint density at radius 1 is 1.22 bits per heavy atom. The summed E-state index contributed by atoms with van der Waals surface area (Å²) in [6.07, 6.45) is 8.36. The fourth-order valence-corrected chi connectivity index (χ4v) is 5.37. The van der Waals surface area contributed by atoms with Gasteiger partial charge in [-0.25, -0.2) is 4.98 Å². The van der Waals surface area contributed by atoms with E-state index in [1.165, 1.54) is 24.2 Å². The molecule has 0 radical (unpaired) electrons. The molecule has 0 spiro atoms. The van der Waals surface area contributed by atoms with Gasteiger partial charge < -0.3 is 20.4 Å². The normalized spacial score (nSPS) is 15.3.